The Balaban J connectivity index is 2.29. The molecule has 0 bridgehead atoms. The fourth-order valence-corrected chi connectivity index (χ4v) is 2.38. The molecule has 0 aromatic carbocycles. The van der Waals surface area contributed by atoms with Crippen molar-refractivity contribution < 1.29 is 9.53 Å². The van der Waals surface area contributed by atoms with E-state index in [-0.39, 0.29) is 11.6 Å². The van der Waals surface area contributed by atoms with Gasteiger partial charge in [-0.15, -0.1) is 0 Å². The van der Waals surface area contributed by atoms with Crippen LogP contribution in [0.2, 0.25) is 0 Å². The third-order valence-electron chi connectivity index (χ3n) is 3.03. The van der Waals surface area contributed by atoms with E-state index in [0.29, 0.717) is 11.8 Å². The Kier molecular flexibility index (Phi) is 4.59. The zero-order valence-electron chi connectivity index (χ0n) is 12.0. The molecular weight excluding hydrogens is 214 g/mol. The molecule has 0 aromatic rings. The summed E-state index contributed by atoms with van der Waals surface area (Å²) in [5, 5.41) is 0. The molecule has 0 N–H and O–H groups in total. The van der Waals surface area contributed by atoms with Crippen LogP contribution in [-0.2, 0) is 9.53 Å². The van der Waals surface area contributed by atoms with Gasteiger partial charge in [-0.2, -0.15) is 0 Å². The number of hydrogen-bond acceptors (Lipinski definition) is 3. The molecule has 3 nitrogen and oxygen atoms in total. The summed E-state index contributed by atoms with van der Waals surface area (Å²) in [5.74, 6) is -0.0825. The molecule has 1 aliphatic heterocycles. The van der Waals surface area contributed by atoms with Crippen LogP contribution in [0.4, 0.5) is 0 Å². The summed E-state index contributed by atoms with van der Waals surface area (Å²) in [5.41, 5.74) is 0.0322. The predicted molar refractivity (Wildman–Crippen MR) is 69.9 cm³/mol. The Morgan fingerprint density at radius 2 is 2.00 bits per heavy atom. The van der Waals surface area contributed by atoms with Crippen molar-refractivity contribution in [2.75, 3.05) is 19.6 Å². The zero-order valence-corrected chi connectivity index (χ0v) is 12.0. The van der Waals surface area contributed by atoms with Crippen molar-refractivity contribution in [1.29, 1.82) is 0 Å². The smallest absolute Gasteiger partial charge is 0.307 e. The van der Waals surface area contributed by atoms with E-state index in [1.54, 1.807) is 0 Å². The maximum absolute atomic E-state index is 11.6. The van der Waals surface area contributed by atoms with Crippen molar-refractivity contribution >= 4 is 5.97 Å². The van der Waals surface area contributed by atoms with Gasteiger partial charge in [-0.1, -0.05) is 13.8 Å². The van der Waals surface area contributed by atoms with Gasteiger partial charge in [-0.25, -0.2) is 0 Å². The van der Waals surface area contributed by atoms with E-state index in [2.05, 4.69) is 18.7 Å². The van der Waals surface area contributed by atoms with Crippen LogP contribution in [0.25, 0.3) is 0 Å². The van der Waals surface area contributed by atoms with Gasteiger partial charge in [0.25, 0.3) is 0 Å². The molecule has 1 fully saturated rings. The SMILES string of the molecule is CC1(C)CCCN(CCC(=O)OC(C)(C)C)C1. The molecular formula is C14H27NO2. The average molecular weight is 241 g/mol. The monoisotopic (exact) mass is 241 g/mol. The first-order chi connectivity index (χ1) is 7.68. The van der Waals surface area contributed by atoms with Crippen molar-refractivity contribution in [2.45, 2.75) is 59.5 Å². The van der Waals surface area contributed by atoms with Gasteiger partial charge < -0.3 is 9.64 Å². The molecule has 0 aromatic heterocycles. The summed E-state index contributed by atoms with van der Waals surface area (Å²) >= 11 is 0. The number of carbonyl (C=O) groups excluding carboxylic acids is 1. The molecule has 0 atom stereocenters. The van der Waals surface area contributed by atoms with Crippen LogP contribution in [0.3, 0.4) is 0 Å². The number of rotatable bonds is 3. The summed E-state index contributed by atoms with van der Waals surface area (Å²) in [6, 6.07) is 0. The molecule has 0 unspecified atom stereocenters. The second-order valence-corrected chi connectivity index (χ2v) is 6.88. The minimum Gasteiger partial charge on any atom is -0.460 e. The lowest BCUT2D eigenvalue weighted by Gasteiger charge is -2.38. The largest absolute Gasteiger partial charge is 0.460 e. The fourth-order valence-electron chi connectivity index (χ4n) is 2.38. The van der Waals surface area contributed by atoms with E-state index < -0.39 is 0 Å². The molecule has 1 saturated heterocycles. The third kappa shape index (κ3) is 6.06. The van der Waals surface area contributed by atoms with E-state index in [1.807, 2.05) is 20.8 Å². The van der Waals surface area contributed by atoms with Crippen LogP contribution in [0.5, 0.6) is 0 Å². The van der Waals surface area contributed by atoms with Crippen molar-refractivity contribution in [3.63, 3.8) is 0 Å². The number of likely N-dealkylation sites (tertiary alicyclic amines) is 1. The molecule has 3 heteroatoms. The van der Waals surface area contributed by atoms with Gasteiger partial charge in [0.2, 0.25) is 0 Å². The van der Waals surface area contributed by atoms with Crippen LogP contribution < -0.4 is 0 Å². The van der Waals surface area contributed by atoms with E-state index in [0.717, 1.165) is 19.6 Å². The number of nitrogens with zero attached hydrogens (tertiary/aromatic N) is 1. The molecule has 100 valence electrons. The average Bonchev–Trinajstić information content (AvgIpc) is 2.10. The highest BCUT2D eigenvalue weighted by Crippen LogP contribution is 2.28. The first kappa shape index (κ1) is 14.5. The topological polar surface area (TPSA) is 29.5 Å². The second kappa shape index (κ2) is 5.38. The molecule has 0 aliphatic carbocycles. The van der Waals surface area contributed by atoms with E-state index in [9.17, 15) is 4.79 Å². The van der Waals surface area contributed by atoms with Crippen LogP contribution in [0, 0.1) is 5.41 Å². The highest BCUT2D eigenvalue weighted by Gasteiger charge is 2.26. The standard InChI is InChI=1S/C14H27NO2/c1-13(2,3)17-12(16)7-10-15-9-6-8-14(4,5)11-15/h6-11H2,1-5H3. The van der Waals surface area contributed by atoms with Gasteiger partial charge in [0, 0.05) is 13.1 Å². The molecule has 17 heavy (non-hydrogen) atoms. The van der Waals surface area contributed by atoms with E-state index in [1.165, 1.54) is 12.8 Å². The number of esters is 1. The van der Waals surface area contributed by atoms with E-state index in [4.69, 9.17) is 4.74 Å². The lowest BCUT2D eigenvalue weighted by Crippen LogP contribution is -2.41. The van der Waals surface area contributed by atoms with Gasteiger partial charge in [0.1, 0.15) is 5.60 Å². The minimum absolute atomic E-state index is 0.0825. The zero-order chi connectivity index (χ0) is 13.1. The maximum Gasteiger partial charge on any atom is 0.307 e. The number of ether oxygens (including phenoxy) is 1. The summed E-state index contributed by atoms with van der Waals surface area (Å²) in [6.45, 7) is 13.4. The molecule has 0 amide bonds. The third-order valence-corrected chi connectivity index (χ3v) is 3.03. The van der Waals surface area contributed by atoms with Crippen molar-refractivity contribution in [3.05, 3.63) is 0 Å². The van der Waals surface area contributed by atoms with Gasteiger partial charge in [-0.3, -0.25) is 4.79 Å². The van der Waals surface area contributed by atoms with Crippen LogP contribution in [-0.4, -0.2) is 36.1 Å². The van der Waals surface area contributed by atoms with E-state index >= 15 is 0 Å². The summed E-state index contributed by atoms with van der Waals surface area (Å²) < 4.78 is 5.32. The fraction of sp³-hybridized carbons (Fsp3) is 0.929. The Hall–Kier alpha value is -0.570. The molecule has 1 aliphatic rings. The van der Waals surface area contributed by atoms with Crippen LogP contribution in [0.15, 0.2) is 0 Å². The Bertz CT molecular complexity index is 266. The van der Waals surface area contributed by atoms with Gasteiger partial charge in [0.05, 0.1) is 6.42 Å². The van der Waals surface area contributed by atoms with Gasteiger partial charge in [0.15, 0.2) is 0 Å². The first-order valence-corrected chi connectivity index (χ1v) is 6.62. The summed E-state index contributed by atoms with van der Waals surface area (Å²) in [7, 11) is 0. The van der Waals surface area contributed by atoms with Gasteiger partial charge >= 0.3 is 5.97 Å². The second-order valence-electron chi connectivity index (χ2n) is 6.88. The molecule has 0 saturated carbocycles. The molecule has 1 rings (SSSR count). The van der Waals surface area contributed by atoms with Crippen LogP contribution >= 0.6 is 0 Å². The number of hydrogen-bond donors (Lipinski definition) is 0. The quantitative estimate of drug-likeness (QED) is 0.712. The normalized spacial score (nSPS) is 21.2. The lowest BCUT2D eigenvalue weighted by atomic mass is 9.84. The van der Waals surface area contributed by atoms with Crippen molar-refractivity contribution in [3.8, 4) is 0 Å². The first-order valence-electron chi connectivity index (χ1n) is 6.62. The number of carbonyl (C=O) groups is 1. The minimum atomic E-state index is -0.363. The highest BCUT2D eigenvalue weighted by atomic mass is 16.6. The Labute approximate surface area is 106 Å². The molecule has 1 heterocycles. The highest BCUT2D eigenvalue weighted by molar-refractivity contribution is 5.70. The molecule has 0 radical (unpaired) electrons. The Morgan fingerprint density at radius 1 is 1.35 bits per heavy atom. The predicted octanol–water partition coefficient (Wildman–Crippen LogP) is 2.84. The van der Waals surface area contributed by atoms with Crippen LogP contribution in [0.1, 0.15) is 53.9 Å². The Morgan fingerprint density at radius 3 is 2.53 bits per heavy atom. The van der Waals surface area contributed by atoms with Gasteiger partial charge in [-0.05, 0) is 45.6 Å². The summed E-state index contributed by atoms with van der Waals surface area (Å²) in [4.78, 5) is 14.0. The lowest BCUT2D eigenvalue weighted by molar-refractivity contribution is -0.155. The molecule has 0 spiro atoms. The van der Waals surface area contributed by atoms with Crippen molar-refractivity contribution in [2.24, 2.45) is 5.41 Å². The van der Waals surface area contributed by atoms with Crippen molar-refractivity contribution in [1.82, 2.24) is 4.90 Å². The number of piperidine rings is 1. The summed E-state index contributed by atoms with van der Waals surface area (Å²) in [6.07, 6.45) is 3.03. The maximum atomic E-state index is 11.6.